The van der Waals surface area contributed by atoms with Gasteiger partial charge in [-0.05, 0) is 31.5 Å². The third-order valence-corrected chi connectivity index (χ3v) is 3.92. The summed E-state index contributed by atoms with van der Waals surface area (Å²) in [4.78, 5) is 1.80. The first-order valence-electron chi connectivity index (χ1n) is 6.34. The SMILES string of the molecule is CC1(C)CN(c2ccc(CS(=O)[O-])c(C(F)(F)F)c2)CN1. The molecule has 1 N–H and O–H groups in total. The summed E-state index contributed by atoms with van der Waals surface area (Å²) in [7, 11) is 0. The fourth-order valence-corrected chi connectivity index (χ4v) is 2.86. The number of halogens is 3. The van der Waals surface area contributed by atoms with E-state index in [2.05, 4.69) is 5.32 Å². The van der Waals surface area contributed by atoms with E-state index in [-0.39, 0.29) is 11.1 Å². The number of alkyl halides is 3. The largest absolute Gasteiger partial charge is 0.772 e. The van der Waals surface area contributed by atoms with Gasteiger partial charge in [0.15, 0.2) is 0 Å². The van der Waals surface area contributed by atoms with E-state index in [0.717, 1.165) is 6.07 Å². The number of benzene rings is 1. The van der Waals surface area contributed by atoms with Crippen molar-refractivity contribution in [3.05, 3.63) is 29.3 Å². The van der Waals surface area contributed by atoms with Crippen LogP contribution in [-0.4, -0.2) is 27.5 Å². The van der Waals surface area contributed by atoms with Crippen LogP contribution in [0, 0.1) is 0 Å². The second kappa shape index (κ2) is 5.58. The fraction of sp³-hybridized carbons (Fsp3) is 0.538. The summed E-state index contributed by atoms with van der Waals surface area (Å²) in [6, 6.07) is 3.78. The van der Waals surface area contributed by atoms with Crippen LogP contribution in [0.15, 0.2) is 18.2 Å². The fourth-order valence-electron chi connectivity index (χ4n) is 2.36. The van der Waals surface area contributed by atoms with Crippen LogP contribution in [0.3, 0.4) is 0 Å². The number of rotatable bonds is 3. The Morgan fingerprint density at radius 1 is 1.43 bits per heavy atom. The van der Waals surface area contributed by atoms with Crippen molar-refractivity contribution in [2.75, 3.05) is 18.1 Å². The molecule has 8 heteroatoms. The van der Waals surface area contributed by atoms with Gasteiger partial charge in [0.25, 0.3) is 0 Å². The molecular formula is C13H16F3N2O2S-. The lowest BCUT2D eigenvalue weighted by Gasteiger charge is -2.22. The highest BCUT2D eigenvalue weighted by Gasteiger charge is 2.35. The van der Waals surface area contributed by atoms with Gasteiger partial charge in [0.2, 0.25) is 0 Å². The standard InChI is InChI=1S/C13H17F3N2O2S/c1-12(2)7-18(8-17-12)10-4-3-9(6-21(19)20)11(5-10)13(14,15)16/h3-5,17H,6-8H2,1-2H3,(H,19,20)/p-1. The van der Waals surface area contributed by atoms with E-state index >= 15 is 0 Å². The molecule has 0 spiro atoms. The molecule has 1 fully saturated rings. The van der Waals surface area contributed by atoms with Crippen molar-refractivity contribution in [1.29, 1.82) is 0 Å². The molecule has 1 aliphatic rings. The van der Waals surface area contributed by atoms with E-state index in [1.54, 1.807) is 4.90 Å². The Morgan fingerprint density at radius 3 is 2.57 bits per heavy atom. The first kappa shape index (κ1) is 16.3. The molecule has 0 bridgehead atoms. The van der Waals surface area contributed by atoms with E-state index in [9.17, 15) is 21.9 Å². The Bertz CT molecular complexity index is 561. The molecule has 0 aromatic heterocycles. The van der Waals surface area contributed by atoms with Crippen LogP contribution in [0.5, 0.6) is 0 Å². The third kappa shape index (κ3) is 3.96. The topological polar surface area (TPSA) is 55.4 Å². The summed E-state index contributed by atoms with van der Waals surface area (Å²) < 4.78 is 60.6. The Labute approximate surface area is 123 Å². The third-order valence-electron chi connectivity index (χ3n) is 3.37. The lowest BCUT2D eigenvalue weighted by atomic mass is 10.1. The number of hydrogen-bond donors (Lipinski definition) is 1. The van der Waals surface area contributed by atoms with E-state index in [1.807, 2.05) is 13.8 Å². The summed E-state index contributed by atoms with van der Waals surface area (Å²) in [6.45, 7) is 4.97. The second-order valence-corrected chi connectivity index (χ2v) is 6.60. The van der Waals surface area contributed by atoms with Crippen LogP contribution < -0.4 is 10.2 Å². The van der Waals surface area contributed by atoms with Gasteiger partial charge >= 0.3 is 6.18 Å². The van der Waals surface area contributed by atoms with Crippen molar-refractivity contribution in [2.24, 2.45) is 0 Å². The molecule has 1 heterocycles. The number of nitrogens with one attached hydrogen (secondary N) is 1. The molecule has 118 valence electrons. The van der Waals surface area contributed by atoms with Crippen LogP contribution in [0.2, 0.25) is 0 Å². The molecule has 1 saturated heterocycles. The van der Waals surface area contributed by atoms with Crippen molar-refractivity contribution < 1.29 is 21.9 Å². The van der Waals surface area contributed by atoms with Crippen molar-refractivity contribution in [3.63, 3.8) is 0 Å². The summed E-state index contributed by atoms with van der Waals surface area (Å²) >= 11 is -2.56. The zero-order valence-corrected chi connectivity index (χ0v) is 12.5. The first-order valence-corrected chi connectivity index (χ1v) is 7.59. The molecule has 0 saturated carbocycles. The monoisotopic (exact) mass is 321 g/mol. The molecule has 1 aromatic rings. The Kier molecular flexibility index (Phi) is 4.32. The molecule has 0 radical (unpaired) electrons. The zero-order chi connectivity index (χ0) is 15.8. The van der Waals surface area contributed by atoms with E-state index in [4.69, 9.17) is 0 Å². The lowest BCUT2D eigenvalue weighted by molar-refractivity contribution is -0.138. The van der Waals surface area contributed by atoms with Gasteiger partial charge in [-0.3, -0.25) is 9.53 Å². The summed E-state index contributed by atoms with van der Waals surface area (Å²) in [5, 5.41) is 3.20. The summed E-state index contributed by atoms with van der Waals surface area (Å²) in [5.41, 5.74) is -0.867. The predicted molar refractivity (Wildman–Crippen MR) is 73.5 cm³/mol. The van der Waals surface area contributed by atoms with Gasteiger partial charge in [-0.15, -0.1) is 0 Å². The minimum absolute atomic E-state index is 0.173. The average molecular weight is 321 g/mol. The smallest absolute Gasteiger partial charge is 0.416 e. The van der Waals surface area contributed by atoms with Crippen LogP contribution in [0.25, 0.3) is 0 Å². The van der Waals surface area contributed by atoms with Crippen molar-refractivity contribution in [3.8, 4) is 0 Å². The number of nitrogens with zero attached hydrogens (tertiary/aromatic N) is 1. The number of hydrogen-bond acceptors (Lipinski definition) is 4. The highest BCUT2D eigenvalue weighted by Crippen LogP contribution is 2.35. The molecule has 0 aliphatic carbocycles. The molecule has 4 nitrogen and oxygen atoms in total. The molecule has 1 aromatic carbocycles. The molecule has 1 unspecified atom stereocenters. The van der Waals surface area contributed by atoms with Crippen LogP contribution >= 0.6 is 0 Å². The second-order valence-electron chi connectivity index (χ2n) is 5.70. The van der Waals surface area contributed by atoms with Gasteiger partial charge in [-0.1, -0.05) is 17.1 Å². The van der Waals surface area contributed by atoms with Crippen LogP contribution in [-0.2, 0) is 23.0 Å². The Morgan fingerprint density at radius 2 is 2.10 bits per heavy atom. The minimum Gasteiger partial charge on any atom is -0.772 e. The molecule has 0 amide bonds. The van der Waals surface area contributed by atoms with Gasteiger partial charge in [-0.25, -0.2) is 0 Å². The molecular weight excluding hydrogens is 305 g/mol. The Balaban J connectivity index is 2.36. The molecule has 21 heavy (non-hydrogen) atoms. The van der Waals surface area contributed by atoms with Gasteiger partial charge in [0, 0.05) is 23.5 Å². The summed E-state index contributed by atoms with van der Waals surface area (Å²) in [5.74, 6) is -0.640. The highest BCUT2D eigenvalue weighted by molar-refractivity contribution is 7.78. The van der Waals surface area contributed by atoms with Crippen LogP contribution in [0.1, 0.15) is 25.0 Å². The molecule has 2 rings (SSSR count). The van der Waals surface area contributed by atoms with E-state index in [0.29, 0.717) is 18.9 Å². The lowest BCUT2D eigenvalue weighted by Crippen LogP contribution is -2.34. The number of anilines is 1. The first-order chi connectivity index (χ1) is 9.58. The normalized spacial score (nSPS) is 19.8. The quantitative estimate of drug-likeness (QED) is 0.868. The van der Waals surface area contributed by atoms with Gasteiger partial charge in [-0.2, -0.15) is 13.2 Å². The minimum atomic E-state index is -4.58. The maximum Gasteiger partial charge on any atom is 0.416 e. The van der Waals surface area contributed by atoms with Crippen molar-refractivity contribution in [2.45, 2.75) is 31.3 Å². The van der Waals surface area contributed by atoms with Crippen LogP contribution in [0.4, 0.5) is 18.9 Å². The van der Waals surface area contributed by atoms with Gasteiger partial charge in [0.1, 0.15) is 0 Å². The van der Waals surface area contributed by atoms with E-state index in [1.165, 1.54) is 12.1 Å². The highest BCUT2D eigenvalue weighted by atomic mass is 32.2. The molecule has 1 aliphatic heterocycles. The summed E-state index contributed by atoms with van der Waals surface area (Å²) in [6.07, 6.45) is -4.58. The van der Waals surface area contributed by atoms with E-state index < -0.39 is 28.6 Å². The van der Waals surface area contributed by atoms with Crippen molar-refractivity contribution >= 4 is 16.8 Å². The maximum absolute atomic E-state index is 13.1. The van der Waals surface area contributed by atoms with Crippen molar-refractivity contribution in [1.82, 2.24) is 5.32 Å². The zero-order valence-electron chi connectivity index (χ0n) is 11.7. The predicted octanol–water partition coefficient (Wildman–Crippen LogP) is 2.23. The Hall–Kier alpha value is -1.12. The average Bonchev–Trinajstić information content (AvgIpc) is 2.68. The van der Waals surface area contributed by atoms with Gasteiger partial charge in [0.05, 0.1) is 12.2 Å². The van der Waals surface area contributed by atoms with Gasteiger partial charge < -0.3 is 9.45 Å². The molecule has 1 atom stereocenters. The maximum atomic E-state index is 13.1.